The van der Waals surface area contributed by atoms with E-state index in [-0.39, 0.29) is 30.3 Å². The third-order valence-electron chi connectivity index (χ3n) is 5.19. The molecular weight excluding hydrogens is 330 g/mol. The maximum atomic E-state index is 13.1. The second-order valence-corrected chi connectivity index (χ2v) is 7.41. The number of carbonyl (C=O) groups is 2. The lowest BCUT2D eigenvalue weighted by Crippen LogP contribution is -2.44. The van der Waals surface area contributed by atoms with Crippen LogP contribution in [-0.4, -0.2) is 38.8 Å². The predicted octanol–water partition coefficient (Wildman–Crippen LogP) is 2.55. The van der Waals surface area contributed by atoms with Crippen LogP contribution in [0.15, 0.2) is 41.1 Å². The molecule has 26 heavy (non-hydrogen) atoms. The van der Waals surface area contributed by atoms with Crippen LogP contribution in [0.25, 0.3) is 0 Å². The first-order chi connectivity index (χ1) is 12.6. The van der Waals surface area contributed by atoms with Gasteiger partial charge in [-0.1, -0.05) is 0 Å². The van der Waals surface area contributed by atoms with Gasteiger partial charge in [0.05, 0.1) is 19.4 Å². The molecule has 0 spiro atoms. The maximum absolute atomic E-state index is 13.1. The van der Waals surface area contributed by atoms with Crippen LogP contribution in [0, 0.1) is 5.92 Å². The summed E-state index contributed by atoms with van der Waals surface area (Å²) in [6, 6.07) is 7.94. The van der Waals surface area contributed by atoms with Crippen molar-refractivity contribution in [2.45, 2.75) is 44.8 Å². The largest absolute Gasteiger partial charge is 0.467 e. The summed E-state index contributed by atoms with van der Waals surface area (Å²) < 4.78 is 7.45. The van der Waals surface area contributed by atoms with Crippen LogP contribution < -0.4 is 0 Å². The van der Waals surface area contributed by atoms with Gasteiger partial charge in [-0.25, -0.2) is 0 Å². The van der Waals surface area contributed by atoms with Gasteiger partial charge in [-0.3, -0.25) is 9.59 Å². The molecule has 2 saturated carbocycles. The predicted molar refractivity (Wildman–Crippen MR) is 95.8 cm³/mol. The zero-order valence-electron chi connectivity index (χ0n) is 15.1. The van der Waals surface area contributed by atoms with Gasteiger partial charge in [-0.15, -0.1) is 0 Å². The summed E-state index contributed by atoms with van der Waals surface area (Å²) in [5, 5.41) is 0. The van der Waals surface area contributed by atoms with Gasteiger partial charge in [0.2, 0.25) is 11.8 Å². The molecule has 2 amide bonds. The quantitative estimate of drug-likeness (QED) is 0.731. The molecule has 2 aromatic rings. The zero-order valence-corrected chi connectivity index (χ0v) is 15.1. The number of hydrogen-bond donors (Lipinski definition) is 0. The standard InChI is InChI=1S/C20H25N3O3/c1-21-10-2-4-17(21)12-22(13-18-5-3-11-26-18)19(24)14-23(16-8-9-16)20(25)15-6-7-15/h2-5,10-11,15-16H,6-9,12-14H2,1H3. The van der Waals surface area contributed by atoms with Gasteiger partial charge in [0.15, 0.2) is 0 Å². The molecule has 6 heteroatoms. The van der Waals surface area contributed by atoms with Gasteiger partial charge >= 0.3 is 0 Å². The Morgan fingerprint density at radius 1 is 1.15 bits per heavy atom. The molecule has 0 aliphatic heterocycles. The fraction of sp³-hybridized carbons (Fsp3) is 0.500. The third kappa shape index (κ3) is 3.84. The minimum atomic E-state index is -0.0245. The van der Waals surface area contributed by atoms with Crippen molar-refractivity contribution in [1.82, 2.24) is 14.4 Å². The highest BCUT2D eigenvalue weighted by Crippen LogP contribution is 2.36. The molecule has 4 rings (SSSR count). The first-order valence-corrected chi connectivity index (χ1v) is 9.32. The number of aromatic nitrogens is 1. The van der Waals surface area contributed by atoms with Crippen LogP contribution in [-0.2, 0) is 29.7 Å². The fourth-order valence-electron chi connectivity index (χ4n) is 3.26. The first-order valence-electron chi connectivity index (χ1n) is 9.32. The number of rotatable bonds is 8. The molecule has 2 heterocycles. The SMILES string of the molecule is Cn1cccc1CN(Cc1ccco1)C(=O)CN(C(=O)C1CC1)C1CC1. The van der Waals surface area contributed by atoms with Crippen molar-refractivity contribution in [3.63, 3.8) is 0 Å². The molecule has 2 fully saturated rings. The van der Waals surface area contributed by atoms with E-state index >= 15 is 0 Å². The number of furan rings is 1. The zero-order chi connectivity index (χ0) is 18.1. The van der Waals surface area contributed by atoms with E-state index in [9.17, 15) is 9.59 Å². The summed E-state index contributed by atoms with van der Waals surface area (Å²) >= 11 is 0. The van der Waals surface area contributed by atoms with E-state index < -0.39 is 0 Å². The minimum Gasteiger partial charge on any atom is -0.467 e. The Labute approximate surface area is 153 Å². The summed E-state index contributed by atoms with van der Waals surface area (Å²) in [5.41, 5.74) is 1.05. The van der Waals surface area contributed by atoms with Gasteiger partial charge in [0.25, 0.3) is 0 Å². The Hall–Kier alpha value is -2.50. The van der Waals surface area contributed by atoms with Gasteiger partial charge in [-0.2, -0.15) is 0 Å². The minimum absolute atomic E-state index is 0.0245. The van der Waals surface area contributed by atoms with E-state index in [4.69, 9.17) is 4.42 Å². The van der Waals surface area contributed by atoms with Gasteiger partial charge in [0.1, 0.15) is 12.3 Å². The molecule has 0 aromatic carbocycles. The van der Waals surface area contributed by atoms with Crippen LogP contribution in [0.2, 0.25) is 0 Å². The normalized spacial score (nSPS) is 16.5. The molecule has 2 aliphatic rings. The van der Waals surface area contributed by atoms with E-state index in [1.54, 1.807) is 11.2 Å². The second-order valence-electron chi connectivity index (χ2n) is 7.41. The van der Waals surface area contributed by atoms with Crippen LogP contribution in [0.5, 0.6) is 0 Å². The highest BCUT2D eigenvalue weighted by Gasteiger charge is 2.41. The summed E-state index contributed by atoms with van der Waals surface area (Å²) in [5.74, 6) is 1.04. The number of nitrogens with zero attached hydrogens (tertiary/aromatic N) is 3. The van der Waals surface area contributed by atoms with Crippen molar-refractivity contribution in [2.75, 3.05) is 6.54 Å². The highest BCUT2D eigenvalue weighted by molar-refractivity contribution is 5.87. The molecule has 138 valence electrons. The molecule has 0 radical (unpaired) electrons. The van der Waals surface area contributed by atoms with Gasteiger partial charge in [0, 0.05) is 30.9 Å². The van der Waals surface area contributed by atoms with Gasteiger partial charge < -0.3 is 18.8 Å². The van der Waals surface area contributed by atoms with Crippen LogP contribution in [0.3, 0.4) is 0 Å². The lowest BCUT2D eigenvalue weighted by atomic mass is 10.3. The van der Waals surface area contributed by atoms with Crippen molar-refractivity contribution in [2.24, 2.45) is 13.0 Å². The Balaban J connectivity index is 1.48. The highest BCUT2D eigenvalue weighted by atomic mass is 16.3. The van der Waals surface area contributed by atoms with E-state index in [1.165, 1.54) is 0 Å². The smallest absolute Gasteiger partial charge is 0.242 e. The molecular formula is C20H25N3O3. The lowest BCUT2D eigenvalue weighted by molar-refractivity contribution is -0.142. The van der Waals surface area contributed by atoms with Crippen molar-refractivity contribution in [3.05, 3.63) is 48.2 Å². The third-order valence-corrected chi connectivity index (χ3v) is 5.19. The Morgan fingerprint density at radius 2 is 1.96 bits per heavy atom. The second kappa shape index (κ2) is 7.02. The molecule has 0 saturated heterocycles. The Kier molecular flexibility index (Phi) is 4.57. The monoisotopic (exact) mass is 355 g/mol. The Morgan fingerprint density at radius 3 is 2.54 bits per heavy atom. The summed E-state index contributed by atoms with van der Waals surface area (Å²) in [6.07, 6.45) is 7.56. The Bertz CT molecular complexity index is 772. The molecule has 2 aliphatic carbocycles. The average Bonchev–Trinajstić information content (AvgIpc) is 3.55. The van der Waals surface area contributed by atoms with Crippen molar-refractivity contribution < 1.29 is 14.0 Å². The van der Waals surface area contributed by atoms with E-state index in [1.807, 2.05) is 47.0 Å². The number of carbonyl (C=O) groups excluding carboxylic acids is 2. The van der Waals surface area contributed by atoms with Crippen molar-refractivity contribution in [1.29, 1.82) is 0 Å². The fourth-order valence-corrected chi connectivity index (χ4v) is 3.26. The number of hydrogen-bond acceptors (Lipinski definition) is 3. The number of aryl methyl sites for hydroxylation is 1. The van der Waals surface area contributed by atoms with E-state index in [0.29, 0.717) is 13.1 Å². The summed E-state index contributed by atoms with van der Waals surface area (Å²) in [6.45, 7) is 1.08. The lowest BCUT2D eigenvalue weighted by Gasteiger charge is -2.27. The molecule has 6 nitrogen and oxygen atoms in total. The average molecular weight is 355 g/mol. The maximum Gasteiger partial charge on any atom is 0.242 e. The molecule has 0 N–H and O–H groups in total. The summed E-state index contributed by atoms with van der Waals surface area (Å²) in [7, 11) is 1.97. The first kappa shape index (κ1) is 16.9. The van der Waals surface area contributed by atoms with E-state index in [2.05, 4.69) is 0 Å². The molecule has 0 unspecified atom stereocenters. The topological polar surface area (TPSA) is 58.7 Å². The molecule has 0 atom stereocenters. The van der Waals surface area contributed by atoms with Gasteiger partial charge in [-0.05, 0) is 49.9 Å². The molecule has 2 aromatic heterocycles. The molecule has 0 bridgehead atoms. The summed E-state index contributed by atoms with van der Waals surface area (Å²) in [4.78, 5) is 29.2. The van der Waals surface area contributed by atoms with Crippen molar-refractivity contribution >= 4 is 11.8 Å². The van der Waals surface area contributed by atoms with Crippen LogP contribution in [0.4, 0.5) is 0 Å². The van der Waals surface area contributed by atoms with Crippen LogP contribution >= 0.6 is 0 Å². The van der Waals surface area contributed by atoms with Crippen molar-refractivity contribution in [3.8, 4) is 0 Å². The van der Waals surface area contributed by atoms with E-state index in [0.717, 1.165) is 37.1 Å². The number of amides is 2. The van der Waals surface area contributed by atoms with Crippen LogP contribution in [0.1, 0.15) is 37.1 Å².